The second-order valence-electron chi connectivity index (χ2n) is 7.35. The van der Waals surface area contributed by atoms with Gasteiger partial charge in [-0.05, 0) is 44.4 Å². The Bertz CT molecular complexity index is 802. The lowest BCUT2D eigenvalue weighted by atomic mass is 9.98. The zero-order valence-electron chi connectivity index (χ0n) is 14.8. The van der Waals surface area contributed by atoms with Crippen molar-refractivity contribution >= 4 is 16.8 Å². The quantitative estimate of drug-likeness (QED) is 0.862. The standard InChI is InChI=1S/C20H25N3O3/c24-16-4-2-10-23(13-16)15-7-11-22(12-8-15)20(26)17-6-5-14-3-1-9-21-18(14)19(17)25/h1,3,5-6,9,15-16,24-25H,2,4,7-8,10-13H2. The van der Waals surface area contributed by atoms with Crippen molar-refractivity contribution in [3.05, 3.63) is 36.0 Å². The summed E-state index contributed by atoms with van der Waals surface area (Å²) in [4.78, 5) is 21.3. The lowest BCUT2D eigenvalue weighted by molar-refractivity contribution is 0.0240. The van der Waals surface area contributed by atoms with E-state index in [1.807, 2.05) is 23.1 Å². The Morgan fingerprint density at radius 3 is 2.69 bits per heavy atom. The fraction of sp³-hybridized carbons (Fsp3) is 0.500. The van der Waals surface area contributed by atoms with Crippen LogP contribution in [-0.2, 0) is 0 Å². The maximum absolute atomic E-state index is 12.9. The van der Waals surface area contributed by atoms with E-state index in [0.29, 0.717) is 30.2 Å². The number of fused-ring (bicyclic) bond motifs is 1. The normalized spacial score (nSPS) is 22.7. The number of hydrogen-bond acceptors (Lipinski definition) is 5. The van der Waals surface area contributed by atoms with Gasteiger partial charge in [0.2, 0.25) is 0 Å². The van der Waals surface area contributed by atoms with Crippen LogP contribution >= 0.6 is 0 Å². The number of aromatic hydroxyl groups is 1. The molecule has 6 heteroatoms. The minimum absolute atomic E-state index is 0.0330. The maximum Gasteiger partial charge on any atom is 0.257 e. The third kappa shape index (κ3) is 3.27. The Morgan fingerprint density at radius 2 is 1.92 bits per heavy atom. The van der Waals surface area contributed by atoms with Gasteiger partial charge in [-0.25, -0.2) is 0 Å². The van der Waals surface area contributed by atoms with Gasteiger partial charge in [-0.2, -0.15) is 0 Å². The molecule has 4 rings (SSSR count). The Kier molecular flexibility index (Phi) is 4.78. The number of benzene rings is 1. The van der Waals surface area contributed by atoms with Crippen LogP contribution in [0.25, 0.3) is 10.9 Å². The minimum Gasteiger partial charge on any atom is -0.505 e. The van der Waals surface area contributed by atoms with Gasteiger partial charge in [-0.1, -0.05) is 12.1 Å². The largest absolute Gasteiger partial charge is 0.505 e. The number of β-amino-alcohol motifs (C(OH)–C–C–N with tert-alkyl or cyclic N) is 1. The number of aliphatic hydroxyl groups excluding tert-OH is 1. The number of likely N-dealkylation sites (tertiary alicyclic amines) is 2. The maximum atomic E-state index is 12.9. The molecule has 1 atom stereocenters. The molecule has 1 aromatic carbocycles. The lowest BCUT2D eigenvalue weighted by Crippen LogP contribution is -2.50. The van der Waals surface area contributed by atoms with Gasteiger partial charge in [0.25, 0.3) is 5.91 Å². The number of rotatable bonds is 2. The summed E-state index contributed by atoms with van der Waals surface area (Å²) in [5, 5.41) is 21.2. The second kappa shape index (κ2) is 7.21. The van der Waals surface area contributed by atoms with Gasteiger partial charge in [0.15, 0.2) is 5.75 Å². The van der Waals surface area contributed by atoms with E-state index < -0.39 is 0 Å². The summed E-state index contributed by atoms with van der Waals surface area (Å²) in [5.41, 5.74) is 0.790. The van der Waals surface area contributed by atoms with E-state index in [1.54, 1.807) is 12.3 Å². The number of pyridine rings is 1. The average Bonchev–Trinajstić information content (AvgIpc) is 2.68. The third-order valence-corrected chi connectivity index (χ3v) is 5.67. The molecule has 0 spiro atoms. The number of carbonyl (C=O) groups excluding carboxylic acids is 1. The number of hydrogen-bond donors (Lipinski definition) is 2. The van der Waals surface area contributed by atoms with E-state index in [0.717, 1.165) is 44.2 Å². The summed E-state index contributed by atoms with van der Waals surface area (Å²) in [5.74, 6) is -0.165. The van der Waals surface area contributed by atoms with Gasteiger partial charge in [-0.3, -0.25) is 14.7 Å². The van der Waals surface area contributed by atoms with Crippen molar-refractivity contribution in [1.82, 2.24) is 14.8 Å². The van der Waals surface area contributed by atoms with Crippen LogP contribution in [0.1, 0.15) is 36.0 Å². The van der Waals surface area contributed by atoms with Gasteiger partial charge in [0, 0.05) is 37.3 Å². The number of aliphatic hydroxyl groups is 1. The molecule has 1 unspecified atom stereocenters. The molecule has 2 aliphatic rings. The van der Waals surface area contributed by atoms with Gasteiger partial charge in [0.1, 0.15) is 5.52 Å². The van der Waals surface area contributed by atoms with Crippen molar-refractivity contribution in [3.63, 3.8) is 0 Å². The Morgan fingerprint density at radius 1 is 1.12 bits per heavy atom. The van der Waals surface area contributed by atoms with Gasteiger partial charge in [0.05, 0.1) is 11.7 Å². The highest BCUT2D eigenvalue weighted by Gasteiger charge is 2.30. The van der Waals surface area contributed by atoms with Crippen LogP contribution in [0.3, 0.4) is 0 Å². The summed E-state index contributed by atoms with van der Waals surface area (Å²) in [7, 11) is 0. The molecule has 26 heavy (non-hydrogen) atoms. The highest BCUT2D eigenvalue weighted by atomic mass is 16.3. The van der Waals surface area contributed by atoms with E-state index in [2.05, 4.69) is 9.88 Å². The molecule has 0 aliphatic carbocycles. The van der Waals surface area contributed by atoms with E-state index >= 15 is 0 Å². The molecule has 1 aromatic heterocycles. The number of piperidine rings is 2. The fourth-order valence-electron chi connectivity index (χ4n) is 4.22. The smallest absolute Gasteiger partial charge is 0.257 e. The van der Waals surface area contributed by atoms with Crippen molar-refractivity contribution in [2.45, 2.75) is 37.8 Å². The SMILES string of the molecule is O=C(c1ccc2cccnc2c1O)N1CCC(N2CCCC(O)C2)CC1. The summed E-state index contributed by atoms with van der Waals surface area (Å²) < 4.78 is 0. The molecular weight excluding hydrogens is 330 g/mol. The van der Waals surface area contributed by atoms with Crippen molar-refractivity contribution in [2.24, 2.45) is 0 Å². The summed E-state index contributed by atoms with van der Waals surface area (Å²) >= 11 is 0. The van der Waals surface area contributed by atoms with Gasteiger partial charge in [-0.15, -0.1) is 0 Å². The molecule has 2 N–H and O–H groups in total. The molecule has 2 saturated heterocycles. The number of carbonyl (C=O) groups is 1. The van der Waals surface area contributed by atoms with Crippen LogP contribution in [0.15, 0.2) is 30.5 Å². The number of phenols is 1. The summed E-state index contributed by atoms with van der Waals surface area (Å²) in [6.07, 6.45) is 5.15. The van der Waals surface area contributed by atoms with Gasteiger partial charge >= 0.3 is 0 Å². The highest BCUT2D eigenvalue weighted by molar-refractivity contribution is 6.02. The first-order valence-corrected chi connectivity index (χ1v) is 9.41. The fourth-order valence-corrected chi connectivity index (χ4v) is 4.22. The molecule has 6 nitrogen and oxygen atoms in total. The summed E-state index contributed by atoms with van der Waals surface area (Å²) in [6, 6.07) is 7.63. The Labute approximate surface area is 153 Å². The number of phenolic OH excluding ortho intramolecular Hbond substituents is 1. The molecule has 2 aromatic rings. The predicted octanol–water partition coefficient (Wildman–Crippen LogP) is 2.00. The number of amides is 1. The van der Waals surface area contributed by atoms with Crippen LogP contribution in [-0.4, -0.2) is 69.2 Å². The molecule has 2 aliphatic heterocycles. The van der Waals surface area contributed by atoms with Crippen LogP contribution in [0.2, 0.25) is 0 Å². The number of aromatic nitrogens is 1. The minimum atomic E-state index is -0.217. The molecule has 138 valence electrons. The molecule has 0 saturated carbocycles. The summed E-state index contributed by atoms with van der Waals surface area (Å²) in [6.45, 7) is 3.13. The predicted molar refractivity (Wildman–Crippen MR) is 99.1 cm³/mol. The van der Waals surface area contributed by atoms with E-state index in [4.69, 9.17) is 0 Å². The van der Waals surface area contributed by atoms with Crippen molar-refractivity contribution < 1.29 is 15.0 Å². The first-order chi connectivity index (χ1) is 12.6. The van der Waals surface area contributed by atoms with Crippen molar-refractivity contribution in [3.8, 4) is 5.75 Å². The zero-order valence-corrected chi connectivity index (χ0v) is 14.8. The molecule has 2 fully saturated rings. The molecule has 3 heterocycles. The van der Waals surface area contributed by atoms with Crippen LogP contribution in [0, 0.1) is 0 Å². The highest BCUT2D eigenvalue weighted by Crippen LogP contribution is 2.29. The topological polar surface area (TPSA) is 76.9 Å². The number of nitrogens with zero attached hydrogens (tertiary/aromatic N) is 3. The van der Waals surface area contributed by atoms with Crippen molar-refractivity contribution in [1.29, 1.82) is 0 Å². The van der Waals surface area contributed by atoms with Crippen LogP contribution in [0.5, 0.6) is 5.75 Å². The zero-order chi connectivity index (χ0) is 18.1. The van der Waals surface area contributed by atoms with Crippen molar-refractivity contribution in [2.75, 3.05) is 26.2 Å². The molecule has 1 amide bonds. The lowest BCUT2D eigenvalue weighted by Gasteiger charge is -2.41. The van der Waals surface area contributed by atoms with E-state index in [9.17, 15) is 15.0 Å². The third-order valence-electron chi connectivity index (χ3n) is 5.67. The van der Waals surface area contributed by atoms with Crippen LogP contribution in [0.4, 0.5) is 0 Å². The monoisotopic (exact) mass is 355 g/mol. The molecule has 0 radical (unpaired) electrons. The van der Waals surface area contributed by atoms with Crippen LogP contribution < -0.4 is 0 Å². The first-order valence-electron chi connectivity index (χ1n) is 9.41. The van der Waals surface area contributed by atoms with E-state index in [1.165, 1.54) is 0 Å². The Hall–Kier alpha value is -2.18. The molecular formula is C20H25N3O3. The second-order valence-corrected chi connectivity index (χ2v) is 7.35. The average molecular weight is 355 g/mol. The van der Waals surface area contributed by atoms with Gasteiger partial charge < -0.3 is 15.1 Å². The van der Waals surface area contributed by atoms with E-state index in [-0.39, 0.29) is 17.8 Å². The Balaban J connectivity index is 1.44. The first kappa shape index (κ1) is 17.2. The molecule has 0 bridgehead atoms.